The summed E-state index contributed by atoms with van der Waals surface area (Å²) in [5.74, 6) is 1.33. The number of aryl methyl sites for hydroxylation is 3. The number of para-hydroxylation sites is 6. The van der Waals surface area contributed by atoms with Crippen molar-refractivity contribution in [2.24, 2.45) is 0 Å². The first kappa shape index (κ1) is 111. The molecule has 0 radical (unpaired) electrons. The molecular formula is C123H152N12O11. The van der Waals surface area contributed by atoms with Crippen molar-refractivity contribution in [1.29, 1.82) is 0 Å². The molecule has 9 aromatic carbocycles. The van der Waals surface area contributed by atoms with Gasteiger partial charge in [0.25, 0.3) is 17.7 Å². The summed E-state index contributed by atoms with van der Waals surface area (Å²) in [7, 11) is 4.14. The van der Waals surface area contributed by atoms with Gasteiger partial charge < -0.3 is 55.9 Å². The second-order valence-corrected chi connectivity index (χ2v) is 39.0. The number of fused-ring (bicyclic) bond motifs is 7. The fourth-order valence-corrected chi connectivity index (χ4v) is 19.7. The van der Waals surface area contributed by atoms with Crippen molar-refractivity contribution in [3.05, 3.63) is 280 Å². The van der Waals surface area contributed by atoms with Gasteiger partial charge in [0.15, 0.2) is 0 Å². The number of amides is 6. The third-order valence-electron chi connectivity index (χ3n) is 28.3. The van der Waals surface area contributed by atoms with E-state index in [0.29, 0.717) is 150 Å². The minimum Gasteiger partial charge on any atom is -0.377 e. The van der Waals surface area contributed by atoms with Crippen molar-refractivity contribution in [3.8, 4) is 0 Å². The Balaban J connectivity index is 0.000000164. The average molecular weight is 1970 g/mol. The van der Waals surface area contributed by atoms with E-state index in [9.17, 15) is 52.7 Å². The Morgan fingerprint density at radius 1 is 0.370 bits per heavy atom. The van der Waals surface area contributed by atoms with Crippen molar-refractivity contribution in [2.45, 2.75) is 280 Å². The maximum atomic E-state index is 13.7. The summed E-state index contributed by atoms with van der Waals surface area (Å²) in [6.45, 7) is 20.1. The van der Waals surface area contributed by atoms with Crippen LogP contribution in [-0.4, -0.2) is 148 Å². The number of unbranched alkanes of at least 4 members (excludes halogenated alkanes) is 12. The Bertz CT molecular complexity index is 6530. The van der Waals surface area contributed by atoms with Crippen LogP contribution in [0.1, 0.15) is 281 Å². The number of H-pyrrole nitrogens is 4. The Morgan fingerprint density at radius 2 is 0.774 bits per heavy atom. The molecule has 2 atom stereocenters. The van der Waals surface area contributed by atoms with Crippen LogP contribution in [0, 0.1) is 20.8 Å². The monoisotopic (exact) mass is 1970 g/mol. The Hall–Kier alpha value is -14.1. The maximum Gasteiger partial charge on any atom is 0.268 e. The van der Waals surface area contributed by atoms with Gasteiger partial charge in [-0.25, -0.2) is 0 Å². The lowest BCUT2D eigenvalue weighted by Crippen LogP contribution is -2.45. The van der Waals surface area contributed by atoms with Gasteiger partial charge in [0.1, 0.15) is 46.7 Å². The number of anilines is 3. The van der Waals surface area contributed by atoms with Gasteiger partial charge in [0.2, 0.25) is 17.7 Å². The van der Waals surface area contributed by atoms with E-state index < -0.39 is 0 Å². The van der Waals surface area contributed by atoms with Gasteiger partial charge in [-0.05, 0) is 173 Å². The van der Waals surface area contributed by atoms with Crippen LogP contribution < -0.4 is 36.0 Å². The summed E-state index contributed by atoms with van der Waals surface area (Å²) in [5.41, 5.74) is 20.1. The summed E-state index contributed by atoms with van der Waals surface area (Å²) < 4.78 is 0. The molecular weight excluding hydrogens is 1820 g/mol. The molecule has 3 aliphatic heterocycles. The zero-order valence-electron chi connectivity index (χ0n) is 87.6. The number of Topliss-reactive ketones (excluding diaryl/α,β-unsaturated/α-hetero) is 5. The van der Waals surface area contributed by atoms with Crippen LogP contribution in [0.3, 0.4) is 0 Å². The van der Waals surface area contributed by atoms with Crippen molar-refractivity contribution < 1.29 is 52.7 Å². The zero-order valence-corrected chi connectivity index (χ0v) is 87.6. The molecule has 8 N–H and O–H groups in total. The number of carbonyl (C=O) groups is 11. The highest BCUT2D eigenvalue weighted by Gasteiger charge is 2.42. The molecule has 4 aromatic heterocycles. The van der Waals surface area contributed by atoms with Crippen molar-refractivity contribution >= 4 is 147 Å². The molecule has 0 fully saturated rings. The predicted molar refractivity (Wildman–Crippen MR) is 594 cm³/mol. The van der Waals surface area contributed by atoms with E-state index in [4.69, 9.17) is 0 Å². The molecule has 2 unspecified atom stereocenters. The lowest BCUT2D eigenvalue weighted by Gasteiger charge is -2.28. The first-order chi connectivity index (χ1) is 70.9. The summed E-state index contributed by atoms with van der Waals surface area (Å²) in [6, 6.07) is 69.6. The molecule has 0 bridgehead atoms. The average Bonchev–Trinajstić information content (AvgIpc) is 1.58. The molecule has 7 heterocycles. The first-order valence-electron chi connectivity index (χ1n) is 53.4. The quantitative estimate of drug-likeness (QED) is 0.0130. The molecule has 770 valence electrons. The third-order valence-corrected chi connectivity index (χ3v) is 28.3. The molecule has 0 spiro atoms. The minimum atomic E-state index is -0.249. The fraction of sp³-hybridized carbons (Fsp3) is 0.407. The molecule has 23 heteroatoms. The van der Waals surface area contributed by atoms with E-state index in [1.54, 1.807) is 0 Å². The zero-order chi connectivity index (χ0) is 104. The van der Waals surface area contributed by atoms with E-state index in [-0.39, 0.29) is 53.3 Å². The van der Waals surface area contributed by atoms with E-state index in [1.165, 1.54) is 65.8 Å². The number of aromatic amines is 4. The van der Waals surface area contributed by atoms with Crippen molar-refractivity contribution in [1.82, 2.24) is 46.1 Å². The Labute approximate surface area is 861 Å². The number of nitrogens with one attached hydrogen (secondary N) is 8. The number of nitrogens with zero attached hydrogens (tertiary/aromatic N) is 4. The van der Waals surface area contributed by atoms with Crippen LogP contribution in [0.4, 0.5) is 17.1 Å². The summed E-state index contributed by atoms with van der Waals surface area (Å²) in [4.78, 5) is 156. The summed E-state index contributed by atoms with van der Waals surface area (Å²) >= 11 is 0. The Morgan fingerprint density at radius 3 is 1.26 bits per heavy atom. The Kier molecular flexibility index (Phi) is 43.2. The largest absolute Gasteiger partial charge is 0.377 e. The highest BCUT2D eigenvalue weighted by atomic mass is 16.2. The molecule has 13 aromatic rings. The predicted octanol–water partition coefficient (Wildman–Crippen LogP) is 24.1. The number of hydrogen-bond donors (Lipinski definition) is 8. The molecule has 146 heavy (non-hydrogen) atoms. The van der Waals surface area contributed by atoms with Crippen LogP contribution in [0.2, 0.25) is 0 Å². The molecule has 16 rings (SSSR count). The highest BCUT2D eigenvalue weighted by Crippen LogP contribution is 2.43. The number of hydrogen-bond acceptors (Lipinski definition) is 14. The number of imide groups is 1. The first-order valence-corrected chi connectivity index (χ1v) is 53.4. The second-order valence-electron chi connectivity index (χ2n) is 39.0. The van der Waals surface area contributed by atoms with Crippen molar-refractivity contribution in [3.63, 3.8) is 0 Å². The van der Waals surface area contributed by atoms with E-state index in [0.717, 1.165) is 201 Å². The van der Waals surface area contributed by atoms with Gasteiger partial charge in [-0.3, -0.25) is 57.6 Å². The minimum absolute atomic E-state index is 0.0571. The molecule has 0 aliphatic carbocycles. The maximum absolute atomic E-state index is 13.7. The number of aromatic nitrogens is 4. The van der Waals surface area contributed by atoms with Crippen LogP contribution in [0.15, 0.2) is 219 Å². The third kappa shape index (κ3) is 30.8. The van der Waals surface area contributed by atoms with Gasteiger partial charge in [-0.1, -0.05) is 249 Å². The van der Waals surface area contributed by atoms with Crippen LogP contribution in [0.25, 0.3) is 65.5 Å². The smallest absolute Gasteiger partial charge is 0.268 e. The van der Waals surface area contributed by atoms with Crippen molar-refractivity contribution in [2.75, 3.05) is 61.5 Å². The SMILES string of the molecule is CCC(=O)CCCCCCC(=O)NCCc1c(C)[nH]c2ccccc12.CCC(=O)CCCCCCN1C(=O)C(c2c[nH]c3ccccc23)=C(c2c[nH]c3ccccc23)C1=O.CCC(=O)CCCCCNC(=O)C1Cc2ccccc2N1Cc1ccc(C)cc1.CCC(=O)CCCCCNC(=O)C1Cc2ccccc2N1Cc1cccc2c(N(C)C)cccc12.CCC(=O)CCCCCNC(=O)c1[nH]c2ccccc2c1C. The van der Waals surface area contributed by atoms with Gasteiger partial charge in [-0.2, -0.15) is 0 Å². The number of ketones is 5. The van der Waals surface area contributed by atoms with Gasteiger partial charge >= 0.3 is 0 Å². The molecule has 0 saturated carbocycles. The topological polar surface area (TPSA) is 312 Å². The fourth-order valence-electron chi connectivity index (χ4n) is 19.7. The molecule has 6 amide bonds. The van der Waals surface area contributed by atoms with Gasteiger partial charge in [0.05, 0.1) is 11.1 Å². The van der Waals surface area contributed by atoms with E-state index in [1.807, 2.05) is 151 Å². The molecule has 0 saturated heterocycles. The number of rotatable bonds is 50. The number of carbonyl (C=O) groups excluding carboxylic acids is 11. The lowest BCUT2D eigenvalue weighted by atomic mass is 9.95. The number of benzene rings is 9. The lowest BCUT2D eigenvalue weighted by molar-refractivity contribution is -0.136. The highest BCUT2D eigenvalue weighted by molar-refractivity contribution is 6.50. The molecule has 23 nitrogen and oxygen atoms in total. The van der Waals surface area contributed by atoms with Crippen LogP contribution >= 0.6 is 0 Å². The van der Waals surface area contributed by atoms with Gasteiger partial charge in [0, 0.05) is 239 Å². The van der Waals surface area contributed by atoms with Gasteiger partial charge in [-0.15, -0.1) is 0 Å². The summed E-state index contributed by atoms with van der Waals surface area (Å²) in [6.07, 6.45) is 28.5. The van der Waals surface area contributed by atoms with Crippen LogP contribution in [-0.2, 0) is 80.3 Å². The van der Waals surface area contributed by atoms with E-state index in [2.05, 4.69) is 193 Å². The van der Waals surface area contributed by atoms with Crippen LogP contribution in [0.5, 0.6) is 0 Å². The summed E-state index contributed by atoms with van der Waals surface area (Å²) in [5, 5.41) is 18.9. The standard InChI is InChI=1S/C30H37N3O2.C29H29N3O3.C25H32N2O2.C21H30N2O2.C18H24N2O2/c1-4-24(34)14-6-5-9-19-31-30(35)29-20-22-12-7-8-17-27(22)33(29)21-23-13-10-16-26-25(23)15-11-18-28(26)32(2)3;1-2-19(33)11-5-3-4-10-16-32-28(34)26(22-17-30-24-14-8-6-12-20(22)24)27(29(32)35)23-18-31-25-15-9-7-13-21(23)25;1-3-22(28)10-5-4-8-16-26-25(29)24-17-21-9-6-7-11-23(21)27(24)18-20-14-12-19(2)13-15-20;1-3-17(24)10-6-4-5-7-13-21(25)22-15-14-18-16(2)23-20-12-9-8-11-19(18)20;1-3-14(21)9-5-4-8-12-19-18(22)17-13(2)15-10-6-7-11-16(15)20-17/h7-8,10-13,15-18,29H,4-6,9,14,19-21H2,1-3H3,(H,31,35);6-9,12-15,17-18,30-31H,2-5,10-11,16H2,1H3;6-7,9,11-15,24H,3-5,8,10,16-18H2,1-2H3,(H,26,29);8-9,11-12,23H,3-7,10,13-15H2,1-2H3,(H,22,25);6-7,10-11,20H,3-5,8-9,12H2,1-2H3,(H,19,22). The normalized spacial score (nSPS) is 13.5. The van der Waals surface area contributed by atoms with E-state index >= 15 is 0 Å². The second kappa shape index (κ2) is 57.0. The molecule has 3 aliphatic rings.